The maximum atomic E-state index is 11.3. The second-order valence-corrected chi connectivity index (χ2v) is 6.03. The van der Waals surface area contributed by atoms with Crippen LogP contribution in [0.1, 0.15) is 0 Å². The standard InChI is InChI=1S/C13H18N2O4S/c1-3-8-14-13(16)15-9-10-19-11-4-6-12(7-5-11)20(2,17)18/h3-7H,1,8-10H2,2H3,(H2,14,15,16). The van der Waals surface area contributed by atoms with Gasteiger partial charge in [0.15, 0.2) is 9.84 Å². The first-order chi connectivity index (χ1) is 9.43. The van der Waals surface area contributed by atoms with E-state index in [2.05, 4.69) is 17.2 Å². The molecule has 2 amide bonds. The molecule has 7 heteroatoms. The number of rotatable bonds is 7. The monoisotopic (exact) mass is 298 g/mol. The zero-order valence-corrected chi connectivity index (χ0v) is 12.1. The zero-order valence-electron chi connectivity index (χ0n) is 11.3. The van der Waals surface area contributed by atoms with Crippen molar-refractivity contribution >= 4 is 15.9 Å². The van der Waals surface area contributed by atoms with Crippen molar-refractivity contribution in [3.63, 3.8) is 0 Å². The van der Waals surface area contributed by atoms with Crippen molar-refractivity contribution in [1.82, 2.24) is 10.6 Å². The lowest BCUT2D eigenvalue weighted by atomic mass is 10.3. The number of nitrogens with one attached hydrogen (secondary N) is 2. The summed E-state index contributed by atoms with van der Waals surface area (Å²) in [5.74, 6) is 0.547. The van der Waals surface area contributed by atoms with Crippen LogP contribution in [0.15, 0.2) is 41.8 Å². The molecule has 0 spiro atoms. The molecule has 20 heavy (non-hydrogen) atoms. The highest BCUT2D eigenvalue weighted by atomic mass is 32.2. The molecule has 0 radical (unpaired) electrons. The summed E-state index contributed by atoms with van der Waals surface area (Å²) >= 11 is 0. The summed E-state index contributed by atoms with van der Waals surface area (Å²) in [5.41, 5.74) is 0. The lowest BCUT2D eigenvalue weighted by Crippen LogP contribution is -2.37. The molecule has 0 aliphatic rings. The average Bonchev–Trinajstić information content (AvgIpc) is 2.41. The second kappa shape index (κ2) is 7.54. The van der Waals surface area contributed by atoms with E-state index in [0.717, 1.165) is 6.26 Å². The van der Waals surface area contributed by atoms with Crippen molar-refractivity contribution in [2.24, 2.45) is 0 Å². The van der Waals surface area contributed by atoms with E-state index >= 15 is 0 Å². The van der Waals surface area contributed by atoms with Crippen molar-refractivity contribution in [1.29, 1.82) is 0 Å². The topological polar surface area (TPSA) is 84.5 Å². The molecule has 0 aliphatic heterocycles. The van der Waals surface area contributed by atoms with Gasteiger partial charge in [0, 0.05) is 12.8 Å². The summed E-state index contributed by atoms with van der Waals surface area (Å²) in [6, 6.07) is 5.83. The molecule has 0 atom stereocenters. The zero-order chi connectivity index (χ0) is 15.0. The maximum absolute atomic E-state index is 11.3. The Labute approximate surface area is 118 Å². The Hall–Kier alpha value is -2.02. The molecule has 0 saturated carbocycles. The fourth-order valence-corrected chi connectivity index (χ4v) is 1.97. The third kappa shape index (κ3) is 5.75. The van der Waals surface area contributed by atoms with E-state index in [1.807, 2.05) is 0 Å². The van der Waals surface area contributed by atoms with Crippen LogP contribution in [-0.4, -0.2) is 40.4 Å². The van der Waals surface area contributed by atoms with Gasteiger partial charge in [0.25, 0.3) is 0 Å². The normalized spacial score (nSPS) is 10.7. The third-order valence-electron chi connectivity index (χ3n) is 2.32. The van der Waals surface area contributed by atoms with Crippen LogP contribution in [0.25, 0.3) is 0 Å². The molecule has 0 unspecified atom stereocenters. The average molecular weight is 298 g/mol. The molecule has 1 aromatic carbocycles. The first-order valence-electron chi connectivity index (χ1n) is 5.99. The van der Waals surface area contributed by atoms with E-state index in [1.54, 1.807) is 18.2 Å². The van der Waals surface area contributed by atoms with Crippen LogP contribution in [0.5, 0.6) is 5.75 Å². The van der Waals surface area contributed by atoms with Gasteiger partial charge in [-0.1, -0.05) is 6.08 Å². The fourth-order valence-electron chi connectivity index (χ4n) is 1.34. The van der Waals surface area contributed by atoms with Gasteiger partial charge in [-0.3, -0.25) is 0 Å². The number of carbonyl (C=O) groups excluding carboxylic acids is 1. The smallest absolute Gasteiger partial charge is 0.315 e. The molecular weight excluding hydrogens is 280 g/mol. The molecule has 0 heterocycles. The van der Waals surface area contributed by atoms with Crippen LogP contribution in [-0.2, 0) is 9.84 Å². The fraction of sp³-hybridized carbons (Fsp3) is 0.308. The van der Waals surface area contributed by atoms with Crippen molar-refractivity contribution < 1.29 is 17.9 Å². The van der Waals surface area contributed by atoms with Gasteiger partial charge in [0.1, 0.15) is 12.4 Å². The number of amides is 2. The summed E-state index contributed by atoms with van der Waals surface area (Å²) in [6.45, 7) is 4.52. The summed E-state index contributed by atoms with van der Waals surface area (Å²) in [7, 11) is -3.19. The SMILES string of the molecule is C=CCNC(=O)NCCOc1ccc(S(C)(=O)=O)cc1. The van der Waals surface area contributed by atoms with Gasteiger partial charge < -0.3 is 15.4 Å². The van der Waals surface area contributed by atoms with Crippen molar-refractivity contribution in [2.75, 3.05) is 26.0 Å². The molecule has 1 aromatic rings. The Morgan fingerprint density at radius 2 is 1.95 bits per heavy atom. The van der Waals surface area contributed by atoms with Gasteiger partial charge in [-0.15, -0.1) is 6.58 Å². The Balaban J connectivity index is 2.32. The molecule has 0 aromatic heterocycles. The van der Waals surface area contributed by atoms with Crippen LogP contribution in [0.3, 0.4) is 0 Å². The van der Waals surface area contributed by atoms with Gasteiger partial charge >= 0.3 is 6.03 Å². The van der Waals surface area contributed by atoms with E-state index < -0.39 is 9.84 Å². The highest BCUT2D eigenvalue weighted by molar-refractivity contribution is 7.90. The first kappa shape index (κ1) is 16.0. The van der Waals surface area contributed by atoms with Gasteiger partial charge in [0.2, 0.25) is 0 Å². The quantitative estimate of drug-likeness (QED) is 0.580. The lowest BCUT2D eigenvalue weighted by Gasteiger charge is -2.08. The minimum atomic E-state index is -3.19. The molecule has 2 N–H and O–H groups in total. The number of ether oxygens (including phenoxy) is 1. The number of carbonyl (C=O) groups is 1. The van der Waals surface area contributed by atoms with Gasteiger partial charge in [-0.05, 0) is 24.3 Å². The minimum absolute atomic E-state index is 0.242. The van der Waals surface area contributed by atoms with Gasteiger partial charge in [-0.2, -0.15) is 0 Å². The lowest BCUT2D eigenvalue weighted by molar-refractivity contribution is 0.237. The van der Waals surface area contributed by atoms with E-state index in [9.17, 15) is 13.2 Å². The summed E-state index contributed by atoms with van der Waals surface area (Å²) in [6.07, 6.45) is 2.73. The number of hydrogen-bond acceptors (Lipinski definition) is 4. The molecule has 0 bridgehead atoms. The summed E-state index contributed by atoms with van der Waals surface area (Å²) in [4.78, 5) is 11.4. The molecule has 0 fully saturated rings. The predicted molar refractivity (Wildman–Crippen MR) is 76.6 cm³/mol. The Bertz CT molecular complexity index is 552. The van der Waals surface area contributed by atoms with E-state index in [4.69, 9.17) is 4.74 Å². The number of hydrogen-bond donors (Lipinski definition) is 2. The summed E-state index contributed by atoms with van der Waals surface area (Å²) in [5, 5.41) is 5.17. The van der Waals surface area contributed by atoms with E-state index in [-0.39, 0.29) is 10.9 Å². The summed E-state index contributed by atoms with van der Waals surface area (Å²) < 4.78 is 27.9. The van der Waals surface area contributed by atoms with Crippen molar-refractivity contribution in [3.8, 4) is 5.75 Å². The van der Waals surface area contributed by atoms with Crippen molar-refractivity contribution in [2.45, 2.75) is 4.90 Å². The van der Waals surface area contributed by atoms with Crippen LogP contribution in [0.4, 0.5) is 4.79 Å². The second-order valence-electron chi connectivity index (χ2n) is 4.02. The van der Waals surface area contributed by atoms with Crippen LogP contribution in [0.2, 0.25) is 0 Å². The molecule has 0 saturated heterocycles. The van der Waals surface area contributed by atoms with E-state index in [0.29, 0.717) is 25.4 Å². The number of sulfone groups is 1. The minimum Gasteiger partial charge on any atom is -0.492 e. The molecule has 0 aliphatic carbocycles. The van der Waals surface area contributed by atoms with Crippen molar-refractivity contribution in [3.05, 3.63) is 36.9 Å². The number of urea groups is 1. The largest absolute Gasteiger partial charge is 0.492 e. The predicted octanol–water partition coefficient (Wildman–Crippen LogP) is 0.954. The molecule has 6 nitrogen and oxygen atoms in total. The Morgan fingerprint density at radius 3 is 2.50 bits per heavy atom. The Kier molecular flexibility index (Phi) is 6.05. The molecular formula is C13H18N2O4S. The highest BCUT2D eigenvalue weighted by Crippen LogP contribution is 2.15. The Morgan fingerprint density at radius 1 is 1.30 bits per heavy atom. The van der Waals surface area contributed by atoms with Crippen LogP contribution >= 0.6 is 0 Å². The van der Waals surface area contributed by atoms with Crippen LogP contribution in [0, 0.1) is 0 Å². The van der Waals surface area contributed by atoms with Gasteiger partial charge in [0.05, 0.1) is 11.4 Å². The number of benzene rings is 1. The first-order valence-corrected chi connectivity index (χ1v) is 7.88. The molecule has 110 valence electrons. The van der Waals surface area contributed by atoms with Gasteiger partial charge in [-0.25, -0.2) is 13.2 Å². The van der Waals surface area contributed by atoms with Crippen LogP contribution < -0.4 is 15.4 Å². The maximum Gasteiger partial charge on any atom is 0.315 e. The van der Waals surface area contributed by atoms with E-state index in [1.165, 1.54) is 12.1 Å². The molecule has 1 rings (SSSR count). The third-order valence-corrected chi connectivity index (χ3v) is 3.44. The highest BCUT2D eigenvalue weighted by Gasteiger charge is 2.06.